The monoisotopic (exact) mass is 320 g/mol. The molecule has 1 aliphatic heterocycles. The summed E-state index contributed by atoms with van der Waals surface area (Å²) in [4.78, 5) is 17.8. The minimum absolute atomic E-state index is 0.0351. The molecule has 0 bridgehead atoms. The summed E-state index contributed by atoms with van der Waals surface area (Å²) in [5.41, 5.74) is 6.61. The fourth-order valence-corrected chi connectivity index (χ4v) is 2.14. The van der Waals surface area contributed by atoms with Crippen LogP contribution in [0.4, 0.5) is 5.69 Å². The van der Waals surface area contributed by atoms with Crippen molar-refractivity contribution in [1.29, 1.82) is 0 Å². The Morgan fingerprint density at radius 1 is 1.35 bits per heavy atom. The van der Waals surface area contributed by atoms with Gasteiger partial charge in [0, 0.05) is 18.8 Å². The summed E-state index contributed by atoms with van der Waals surface area (Å²) in [7, 11) is 0. The van der Waals surface area contributed by atoms with Gasteiger partial charge in [0.05, 0.1) is 19.3 Å². The number of rotatable bonds is 5. The highest BCUT2D eigenvalue weighted by atomic mass is 16.5. The highest BCUT2D eigenvalue weighted by Crippen LogP contribution is 2.16. The van der Waals surface area contributed by atoms with E-state index in [9.17, 15) is 4.79 Å². The van der Waals surface area contributed by atoms with Crippen molar-refractivity contribution in [3.05, 3.63) is 24.3 Å². The Labute approximate surface area is 136 Å². The molecule has 1 amide bonds. The molecule has 126 valence electrons. The third-order valence-electron chi connectivity index (χ3n) is 3.25. The number of carbonyl (C=O) groups is 1. The first kappa shape index (κ1) is 17.1. The molecule has 1 aliphatic rings. The van der Waals surface area contributed by atoms with Crippen LogP contribution in [0.15, 0.2) is 29.3 Å². The van der Waals surface area contributed by atoms with Crippen LogP contribution >= 0.6 is 0 Å². The molecule has 23 heavy (non-hydrogen) atoms. The van der Waals surface area contributed by atoms with E-state index in [0.717, 1.165) is 11.4 Å². The lowest BCUT2D eigenvalue weighted by Gasteiger charge is -2.26. The summed E-state index contributed by atoms with van der Waals surface area (Å²) in [5, 5.41) is 2.96. The molecule has 0 aliphatic carbocycles. The third-order valence-corrected chi connectivity index (χ3v) is 3.25. The first-order chi connectivity index (χ1) is 11.0. The summed E-state index contributed by atoms with van der Waals surface area (Å²) in [6, 6.07) is 7.41. The van der Waals surface area contributed by atoms with Crippen molar-refractivity contribution in [2.75, 3.05) is 38.2 Å². The molecule has 1 saturated heterocycles. The Morgan fingerprint density at radius 2 is 2.00 bits per heavy atom. The lowest BCUT2D eigenvalue weighted by Crippen LogP contribution is -2.42. The van der Waals surface area contributed by atoms with Crippen molar-refractivity contribution >= 4 is 17.6 Å². The second kappa shape index (κ2) is 8.38. The van der Waals surface area contributed by atoms with E-state index in [4.69, 9.17) is 15.2 Å². The maximum atomic E-state index is 12.0. The number of nitrogens with two attached hydrogens (primary N) is 1. The predicted molar refractivity (Wildman–Crippen MR) is 89.7 cm³/mol. The summed E-state index contributed by atoms with van der Waals surface area (Å²) < 4.78 is 10.8. The maximum absolute atomic E-state index is 12.0. The Hall–Kier alpha value is -2.28. The molecule has 7 heteroatoms. The van der Waals surface area contributed by atoms with Gasteiger partial charge in [-0.25, -0.2) is 4.99 Å². The second-order valence-electron chi connectivity index (χ2n) is 5.51. The van der Waals surface area contributed by atoms with Crippen molar-refractivity contribution in [2.24, 2.45) is 10.7 Å². The summed E-state index contributed by atoms with van der Waals surface area (Å²) in [6.45, 7) is 6.36. The molecule has 0 spiro atoms. The number of nitrogens with zero attached hydrogens (tertiary/aromatic N) is 2. The normalized spacial score (nSPS) is 15.6. The highest BCUT2D eigenvalue weighted by molar-refractivity contribution is 5.93. The van der Waals surface area contributed by atoms with Crippen molar-refractivity contribution in [3.8, 4) is 5.75 Å². The van der Waals surface area contributed by atoms with E-state index in [2.05, 4.69) is 10.3 Å². The number of morpholine rings is 1. The van der Waals surface area contributed by atoms with Crippen molar-refractivity contribution < 1.29 is 14.3 Å². The van der Waals surface area contributed by atoms with E-state index in [1.807, 2.05) is 38.1 Å². The first-order valence-corrected chi connectivity index (χ1v) is 7.74. The number of carbonyl (C=O) groups excluding carboxylic acids is 1. The molecule has 0 saturated carbocycles. The second-order valence-corrected chi connectivity index (χ2v) is 5.51. The van der Waals surface area contributed by atoms with Gasteiger partial charge in [-0.15, -0.1) is 0 Å². The van der Waals surface area contributed by atoms with Crippen LogP contribution in [0.25, 0.3) is 0 Å². The number of hydrogen-bond acceptors (Lipinski definition) is 4. The van der Waals surface area contributed by atoms with Gasteiger partial charge in [0.15, 0.2) is 5.96 Å². The molecule has 1 heterocycles. The molecule has 3 N–H and O–H groups in total. The standard InChI is InChI=1S/C16H24N4O3/c1-12(2)23-14-5-3-13(4-6-14)19-16(17)18-11-15(21)20-7-9-22-10-8-20/h3-6,12H,7-11H2,1-2H3,(H3,17,18,19). The van der Waals surface area contributed by atoms with Crippen molar-refractivity contribution in [2.45, 2.75) is 20.0 Å². The van der Waals surface area contributed by atoms with E-state index < -0.39 is 0 Å². The van der Waals surface area contributed by atoms with E-state index in [0.29, 0.717) is 26.3 Å². The van der Waals surface area contributed by atoms with Crippen LogP contribution in [0.3, 0.4) is 0 Å². The van der Waals surface area contributed by atoms with Gasteiger partial charge in [0.25, 0.3) is 0 Å². The fraction of sp³-hybridized carbons (Fsp3) is 0.500. The summed E-state index contributed by atoms with van der Waals surface area (Å²) >= 11 is 0. The number of guanidine groups is 1. The van der Waals surface area contributed by atoms with E-state index in [1.165, 1.54) is 0 Å². The van der Waals surface area contributed by atoms with Crippen LogP contribution in [-0.2, 0) is 9.53 Å². The molecular formula is C16H24N4O3. The lowest BCUT2D eigenvalue weighted by atomic mass is 10.3. The minimum atomic E-state index is -0.0428. The predicted octanol–water partition coefficient (Wildman–Crippen LogP) is 1.06. The zero-order chi connectivity index (χ0) is 16.7. The van der Waals surface area contributed by atoms with Crippen LogP contribution in [0.2, 0.25) is 0 Å². The number of ether oxygens (including phenoxy) is 2. The molecule has 0 atom stereocenters. The third kappa shape index (κ3) is 5.78. The van der Waals surface area contributed by atoms with Gasteiger partial charge in [-0.1, -0.05) is 0 Å². The topological polar surface area (TPSA) is 89.2 Å². The molecule has 0 radical (unpaired) electrons. The zero-order valence-corrected chi connectivity index (χ0v) is 13.6. The van der Waals surface area contributed by atoms with Crippen LogP contribution in [0.5, 0.6) is 5.75 Å². The first-order valence-electron chi connectivity index (χ1n) is 7.74. The molecule has 7 nitrogen and oxygen atoms in total. The quantitative estimate of drug-likeness (QED) is 0.625. The number of benzene rings is 1. The molecule has 0 aromatic heterocycles. The Balaban J connectivity index is 1.82. The molecule has 1 aromatic rings. The molecular weight excluding hydrogens is 296 g/mol. The van der Waals surface area contributed by atoms with Gasteiger partial charge in [-0.3, -0.25) is 4.79 Å². The number of aliphatic imine (C=N–C) groups is 1. The Morgan fingerprint density at radius 3 is 2.61 bits per heavy atom. The minimum Gasteiger partial charge on any atom is -0.491 e. The molecule has 1 fully saturated rings. The van der Waals surface area contributed by atoms with Gasteiger partial charge >= 0.3 is 0 Å². The molecule has 0 unspecified atom stereocenters. The van der Waals surface area contributed by atoms with Crippen LogP contribution in [0.1, 0.15) is 13.8 Å². The van der Waals surface area contributed by atoms with Crippen molar-refractivity contribution in [3.63, 3.8) is 0 Å². The largest absolute Gasteiger partial charge is 0.491 e. The summed E-state index contributed by atoms with van der Waals surface area (Å²) in [6.07, 6.45) is 0.131. The maximum Gasteiger partial charge on any atom is 0.244 e. The fourth-order valence-electron chi connectivity index (χ4n) is 2.14. The molecule has 2 rings (SSSR count). The lowest BCUT2D eigenvalue weighted by molar-refractivity contribution is -0.133. The van der Waals surface area contributed by atoms with Gasteiger partial charge in [0.1, 0.15) is 12.3 Å². The van der Waals surface area contributed by atoms with E-state index in [-0.39, 0.29) is 24.5 Å². The number of hydrogen-bond donors (Lipinski definition) is 2. The Kier molecular flexibility index (Phi) is 6.22. The Bertz CT molecular complexity index is 537. The average Bonchev–Trinajstić information content (AvgIpc) is 2.55. The summed E-state index contributed by atoms with van der Waals surface area (Å²) in [5.74, 6) is 0.964. The van der Waals surface area contributed by atoms with Crippen LogP contribution in [0, 0.1) is 0 Å². The number of anilines is 1. The zero-order valence-electron chi connectivity index (χ0n) is 13.6. The van der Waals surface area contributed by atoms with Gasteiger partial charge < -0.3 is 25.4 Å². The number of nitrogens with one attached hydrogen (secondary N) is 1. The number of amides is 1. The van der Waals surface area contributed by atoms with Gasteiger partial charge in [-0.05, 0) is 38.1 Å². The van der Waals surface area contributed by atoms with Crippen LogP contribution in [-0.4, -0.2) is 55.7 Å². The molecule has 1 aromatic carbocycles. The van der Waals surface area contributed by atoms with Crippen molar-refractivity contribution in [1.82, 2.24) is 4.90 Å². The van der Waals surface area contributed by atoms with Crippen LogP contribution < -0.4 is 15.8 Å². The van der Waals surface area contributed by atoms with Gasteiger partial charge in [-0.2, -0.15) is 0 Å². The smallest absolute Gasteiger partial charge is 0.244 e. The average molecular weight is 320 g/mol. The van der Waals surface area contributed by atoms with E-state index in [1.54, 1.807) is 4.90 Å². The van der Waals surface area contributed by atoms with E-state index >= 15 is 0 Å². The highest BCUT2D eigenvalue weighted by Gasteiger charge is 2.16. The SMILES string of the molecule is CC(C)Oc1ccc(NC(N)=NCC(=O)N2CCOCC2)cc1. The van der Waals surface area contributed by atoms with Gasteiger partial charge in [0.2, 0.25) is 5.91 Å².